The molecule has 0 spiro atoms. The summed E-state index contributed by atoms with van der Waals surface area (Å²) >= 11 is 0. The topological polar surface area (TPSA) is 59.3 Å². The Kier molecular flexibility index (Phi) is 4.03. The van der Waals surface area contributed by atoms with E-state index in [0.717, 1.165) is 29.5 Å². The molecule has 0 amide bonds. The molecule has 0 radical (unpaired) electrons. The second-order valence-electron chi connectivity index (χ2n) is 4.76. The van der Waals surface area contributed by atoms with Crippen molar-refractivity contribution in [3.63, 3.8) is 0 Å². The van der Waals surface area contributed by atoms with E-state index in [2.05, 4.69) is 0 Å². The second kappa shape index (κ2) is 5.74. The standard InChI is InChI=1S/C16H17NO3/c1-3-13-8-11(2)17(15(13)10-18)9-12-4-6-14(7-5-12)16(19)20/h4-8,10H,3,9H2,1-2H3,(H,19,20). The molecule has 1 aromatic heterocycles. The summed E-state index contributed by atoms with van der Waals surface area (Å²) in [5.74, 6) is -0.935. The number of aryl methyl sites for hydroxylation is 2. The Bertz CT molecular complexity index is 638. The van der Waals surface area contributed by atoms with Crippen LogP contribution in [0.4, 0.5) is 0 Å². The van der Waals surface area contributed by atoms with Crippen molar-refractivity contribution >= 4 is 12.3 Å². The minimum Gasteiger partial charge on any atom is -0.478 e. The average Bonchev–Trinajstić information content (AvgIpc) is 2.75. The van der Waals surface area contributed by atoms with Gasteiger partial charge in [-0.1, -0.05) is 19.1 Å². The molecule has 0 atom stereocenters. The lowest BCUT2D eigenvalue weighted by Crippen LogP contribution is -2.07. The molecule has 1 N–H and O–H groups in total. The molecule has 104 valence electrons. The van der Waals surface area contributed by atoms with Crippen LogP contribution in [-0.2, 0) is 13.0 Å². The molecule has 20 heavy (non-hydrogen) atoms. The van der Waals surface area contributed by atoms with E-state index < -0.39 is 5.97 Å². The van der Waals surface area contributed by atoms with E-state index in [4.69, 9.17) is 5.11 Å². The van der Waals surface area contributed by atoms with Crippen molar-refractivity contribution in [3.8, 4) is 0 Å². The summed E-state index contributed by atoms with van der Waals surface area (Å²) in [4.78, 5) is 22.1. The lowest BCUT2D eigenvalue weighted by atomic mass is 10.1. The predicted octanol–water partition coefficient (Wildman–Crippen LogP) is 2.92. The van der Waals surface area contributed by atoms with Gasteiger partial charge in [0.25, 0.3) is 0 Å². The van der Waals surface area contributed by atoms with Gasteiger partial charge < -0.3 is 9.67 Å². The third-order valence-corrected chi connectivity index (χ3v) is 3.46. The van der Waals surface area contributed by atoms with Gasteiger partial charge in [-0.25, -0.2) is 4.79 Å². The van der Waals surface area contributed by atoms with Gasteiger partial charge in [-0.05, 0) is 42.7 Å². The number of aldehydes is 1. The van der Waals surface area contributed by atoms with Crippen LogP contribution in [0.2, 0.25) is 0 Å². The minimum atomic E-state index is -0.935. The van der Waals surface area contributed by atoms with Gasteiger partial charge in [0.1, 0.15) is 0 Å². The molecular weight excluding hydrogens is 254 g/mol. The number of benzene rings is 1. The first kappa shape index (κ1) is 14.1. The maximum atomic E-state index is 11.3. The SMILES string of the molecule is CCc1cc(C)n(Cc2ccc(C(=O)O)cc2)c1C=O. The van der Waals surface area contributed by atoms with Gasteiger partial charge >= 0.3 is 5.97 Å². The van der Waals surface area contributed by atoms with E-state index in [-0.39, 0.29) is 5.56 Å². The van der Waals surface area contributed by atoms with Crippen LogP contribution >= 0.6 is 0 Å². The first-order valence-corrected chi connectivity index (χ1v) is 6.53. The molecule has 0 saturated carbocycles. The number of aromatic nitrogens is 1. The van der Waals surface area contributed by atoms with Crippen molar-refractivity contribution in [1.29, 1.82) is 0 Å². The summed E-state index contributed by atoms with van der Waals surface area (Å²) < 4.78 is 1.96. The van der Waals surface area contributed by atoms with E-state index in [1.54, 1.807) is 24.3 Å². The molecule has 2 rings (SSSR count). The fourth-order valence-corrected chi connectivity index (χ4v) is 2.34. The van der Waals surface area contributed by atoms with Crippen LogP contribution < -0.4 is 0 Å². The smallest absolute Gasteiger partial charge is 0.335 e. The highest BCUT2D eigenvalue weighted by molar-refractivity contribution is 5.87. The maximum absolute atomic E-state index is 11.3. The molecule has 0 aliphatic rings. The van der Waals surface area contributed by atoms with Gasteiger partial charge in [0.05, 0.1) is 11.3 Å². The van der Waals surface area contributed by atoms with E-state index in [1.807, 2.05) is 24.5 Å². The molecule has 2 aromatic rings. The Morgan fingerprint density at radius 2 is 1.95 bits per heavy atom. The van der Waals surface area contributed by atoms with Crippen molar-refractivity contribution < 1.29 is 14.7 Å². The van der Waals surface area contributed by atoms with Crippen LogP contribution in [0.3, 0.4) is 0 Å². The number of aromatic carboxylic acids is 1. The fraction of sp³-hybridized carbons (Fsp3) is 0.250. The van der Waals surface area contributed by atoms with Gasteiger partial charge in [-0.15, -0.1) is 0 Å². The van der Waals surface area contributed by atoms with Gasteiger partial charge in [0.15, 0.2) is 6.29 Å². The second-order valence-corrected chi connectivity index (χ2v) is 4.76. The monoisotopic (exact) mass is 271 g/mol. The van der Waals surface area contributed by atoms with Crippen LogP contribution in [0.5, 0.6) is 0 Å². The van der Waals surface area contributed by atoms with E-state index in [1.165, 1.54) is 0 Å². The summed E-state index contributed by atoms with van der Waals surface area (Å²) in [6.07, 6.45) is 1.71. The number of carboxylic acids is 1. The zero-order valence-corrected chi connectivity index (χ0v) is 11.6. The Balaban J connectivity index is 2.32. The summed E-state index contributed by atoms with van der Waals surface area (Å²) in [5.41, 5.74) is 4.01. The third-order valence-electron chi connectivity index (χ3n) is 3.46. The van der Waals surface area contributed by atoms with Crippen LogP contribution in [0.1, 0.15) is 44.6 Å². The van der Waals surface area contributed by atoms with Crippen LogP contribution in [0.15, 0.2) is 30.3 Å². The van der Waals surface area contributed by atoms with Gasteiger partial charge in [-0.3, -0.25) is 4.79 Å². The highest BCUT2D eigenvalue weighted by atomic mass is 16.4. The molecule has 1 aromatic carbocycles. The van der Waals surface area contributed by atoms with Crippen LogP contribution in [0, 0.1) is 6.92 Å². The van der Waals surface area contributed by atoms with Crippen LogP contribution in [-0.4, -0.2) is 21.9 Å². The van der Waals surface area contributed by atoms with Crippen molar-refractivity contribution in [2.75, 3.05) is 0 Å². The zero-order chi connectivity index (χ0) is 14.7. The van der Waals surface area contributed by atoms with Crippen molar-refractivity contribution in [2.24, 2.45) is 0 Å². The van der Waals surface area contributed by atoms with Crippen LogP contribution in [0.25, 0.3) is 0 Å². The maximum Gasteiger partial charge on any atom is 0.335 e. The highest BCUT2D eigenvalue weighted by Gasteiger charge is 2.11. The first-order chi connectivity index (χ1) is 9.56. The Hall–Kier alpha value is -2.36. The lowest BCUT2D eigenvalue weighted by Gasteiger charge is -2.09. The first-order valence-electron chi connectivity index (χ1n) is 6.53. The number of nitrogens with zero attached hydrogens (tertiary/aromatic N) is 1. The summed E-state index contributed by atoms with van der Waals surface area (Å²) in [5, 5.41) is 8.88. The number of hydrogen-bond donors (Lipinski definition) is 1. The quantitative estimate of drug-likeness (QED) is 0.851. The lowest BCUT2D eigenvalue weighted by molar-refractivity contribution is 0.0696. The molecule has 1 heterocycles. The number of rotatable bonds is 5. The normalized spacial score (nSPS) is 10.5. The molecule has 0 aliphatic carbocycles. The number of carbonyl (C=O) groups is 2. The Morgan fingerprint density at radius 3 is 2.45 bits per heavy atom. The molecular formula is C16H17NO3. The van der Waals surface area contributed by atoms with E-state index >= 15 is 0 Å². The highest BCUT2D eigenvalue weighted by Crippen LogP contribution is 2.17. The summed E-state index contributed by atoms with van der Waals surface area (Å²) in [6, 6.07) is 8.75. The third kappa shape index (κ3) is 2.64. The summed E-state index contributed by atoms with van der Waals surface area (Å²) in [6.45, 7) is 4.56. The molecule has 0 aliphatic heterocycles. The minimum absolute atomic E-state index is 0.267. The van der Waals surface area contributed by atoms with Crippen molar-refractivity contribution in [2.45, 2.75) is 26.8 Å². The predicted molar refractivity (Wildman–Crippen MR) is 76.4 cm³/mol. The number of carboxylic acid groups (broad SMARTS) is 1. The zero-order valence-electron chi connectivity index (χ0n) is 11.6. The van der Waals surface area contributed by atoms with E-state index in [0.29, 0.717) is 12.2 Å². The van der Waals surface area contributed by atoms with E-state index in [9.17, 15) is 9.59 Å². The van der Waals surface area contributed by atoms with Crippen molar-refractivity contribution in [3.05, 3.63) is 58.4 Å². The number of hydrogen-bond acceptors (Lipinski definition) is 2. The largest absolute Gasteiger partial charge is 0.478 e. The Morgan fingerprint density at radius 1 is 1.30 bits per heavy atom. The molecule has 0 bridgehead atoms. The van der Waals surface area contributed by atoms with Gasteiger partial charge in [-0.2, -0.15) is 0 Å². The van der Waals surface area contributed by atoms with Crippen molar-refractivity contribution in [1.82, 2.24) is 4.57 Å². The molecule has 0 unspecified atom stereocenters. The molecule has 4 nitrogen and oxygen atoms in total. The molecule has 0 saturated heterocycles. The fourth-order valence-electron chi connectivity index (χ4n) is 2.34. The number of carbonyl (C=O) groups excluding carboxylic acids is 1. The molecule has 4 heteroatoms. The molecule has 0 fully saturated rings. The Labute approximate surface area is 117 Å². The summed E-state index contributed by atoms with van der Waals surface area (Å²) in [7, 11) is 0. The average molecular weight is 271 g/mol. The van der Waals surface area contributed by atoms with Gasteiger partial charge in [0, 0.05) is 12.2 Å². The van der Waals surface area contributed by atoms with Gasteiger partial charge in [0.2, 0.25) is 0 Å².